The number of benzene rings is 1. The van der Waals surface area contributed by atoms with Crippen LogP contribution in [0.3, 0.4) is 0 Å². The van der Waals surface area contributed by atoms with Crippen LogP contribution in [0.5, 0.6) is 0 Å². The number of nitrogens with one attached hydrogen (secondary N) is 1. The fraction of sp³-hybridized carbons (Fsp3) is 0.500. The number of methoxy groups -OCH3 is 2. The summed E-state index contributed by atoms with van der Waals surface area (Å²) in [6, 6.07) is 7.96. The molecule has 1 rings (SSSR count). The Morgan fingerprint density at radius 2 is 1.88 bits per heavy atom. The Hall–Kier alpha value is -0.610. The van der Waals surface area contributed by atoms with Crippen LogP contribution in [-0.2, 0) is 9.47 Å². The molecule has 0 amide bonds. The van der Waals surface area contributed by atoms with E-state index in [9.17, 15) is 0 Å². The second-order valence-electron chi connectivity index (χ2n) is 3.55. The summed E-state index contributed by atoms with van der Waals surface area (Å²) in [6.07, 6.45) is -0.232. The van der Waals surface area contributed by atoms with Gasteiger partial charge in [0.15, 0.2) is 6.29 Å². The van der Waals surface area contributed by atoms with Crippen LogP contribution in [0, 0.1) is 0 Å². The normalized spacial score (nSPS) is 13.1. The van der Waals surface area contributed by atoms with Gasteiger partial charge < -0.3 is 14.8 Å². The molecule has 0 aliphatic heterocycles. The molecule has 4 heteroatoms. The van der Waals surface area contributed by atoms with Crippen LogP contribution in [0.4, 0.5) is 0 Å². The lowest BCUT2D eigenvalue weighted by Crippen LogP contribution is -2.31. The molecule has 1 aromatic carbocycles. The van der Waals surface area contributed by atoms with E-state index < -0.39 is 0 Å². The average molecular weight is 244 g/mol. The SMILES string of the molecule is COC(CN[C@H](C)c1ccccc1Cl)OC. The Bertz CT molecular complexity index is 316. The zero-order chi connectivity index (χ0) is 12.0. The molecule has 16 heavy (non-hydrogen) atoms. The molecule has 1 aromatic rings. The van der Waals surface area contributed by atoms with Crippen LogP contribution in [0.1, 0.15) is 18.5 Å². The zero-order valence-corrected chi connectivity index (χ0v) is 10.6. The molecule has 3 nitrogen and oxygen atoms in total. The summed E-state index contributed by atoms with van der Waals surface area (Å²) >= 11 is 6.10. The van der Waals surface area contributed by atoms with Gasteiger partial charge in [0, 0.05) is 31.8 Å². The second-order valence-corrected chi connectivity index (χ2v) is 3.96. The number of halogens is 1. The molecule has 0 spiro atoms. The predicted molar refractivity (Wildman–Crippen MR) is 65.7 cm³/mol. The van der Waals surface area contributed by atoms with Crippen LogP contribution in [-0.4, -0.2) is 27.1 Å². The smallest absolute Gasteiger partial charge is 0.169 e. The molecule has 0 aromatic heterocycles. The highest BCUT2D eigenvalue weighted by molar-refractivity contribution is 6.31. The maximum absolute atomic E-state index is 6.10. The van der Waals surface area contributed by atoms with Crippen LogP contribution in [0.2, 0.25) is 5.02 Å². The van der Waals surface area contributed by atoms with Crippen molar-refractivity contribution >= 4 is 11.6 Å². The molecule has 0 fully saturated rings. The van der Waals surface area contributed by atoms with Crippen molar-refractivity contribution < 1.29 is 9.47 Å². The molecule has 0 heterocycles. The second kappa shape index (κ2) is 6.86. The molecule has 0 radical (unpaired) electrons. The van der Waals surface area contributed by atoms with Crippen molar-refractivity contribution in [3.63, 3.8) is 0 Å². The summed E-state index contributed by atoms with van der Waals surface area (Å²) < 4.78 is 10.2. The Morgan fingerprint density at radius 3 is 2.44 bits per heavy atom. The highest BCUT2D eigenvalue weighted by Gasteiger charge is 2.11. The van der Waals surface area contributed by atoms with Crippen molar-refractivity contribution in [1.82, 2.24) is 5.32 Å². The number of hydrogen-bond acceptors (Lipinski definition) is 3. The summed E-state index contributed by atoms with van der Waals surface area (Å²) in [6.45, 7) is 2.68. The highest BCUT2D eigenvalue weighted by atomic mass is 35.5. The van der Waals surface area contributed by atoms with E-state index in [1.54, 1.807) is 14.2 Å². The molecule has 0 saturated carbocycles. The summed E-state index contributed by atoms with van der Waals surface area (Å²) in [5, 5.41) is 4.08. The van der Waals surface area contributed by atoms with Gasteiger partial charge in [-0.15, -0.1) is 0 Å². The van der Waals surface area contributed by atoms with Crippen molar-refractivity contribution in [3.05, 3.63) is 34.9 Å². The fourth-order valence-corrected chi connectivity index (χ4v) is 1.77. The fourth-order valence-electron chi connectivity index (χ4n) is 1.47. The van der Waals surface area contributed by atoms with E-state index in [-0.39, 0.29) is 12.3 Å². The van der Waals surface area contributed by atoms with Crippen molar-refractivity contribution in [2.45, 2.75) is 19.3 Å². The van der Waals surface area contributed by atoms with E-state index >= 15 is 0 Å². The molecular formula is C12H18ClNO2. The van der Waals surface area contributed by atoms with Crippen LogP contribution in [0.25, 0.3) is 0 Å². The maximum Gasteiger partial charge on any atom is 0.169 e. The van der Waals surface area contributed by atoms with Gasteiger partial charge >= 0.3 is 0 Å². The van der Waals surface area contributed by atoms with E-state index in [0.717, 1.165) is 10.6 Å². The largest absolute Gasteiger partial charge is 0.355 e. The maximum atomic E-state index is 6.10. The van der Waals surface area contributed by atoms with Gasteiger partial charge in [0.2, 0.25) is 0 Å². The number of rotatable bonds is 6. The lowest BCUT2D eigenvalue weighted by Gasteiger charge is -2.19. The van der Waals surface area contributed by atoms with E-state index in [2.05, 4.69) is 12.2 Å². The number of ether oxygens (including phenoxy) is 2. The summed E-state index contributed by atoms with van der Waals surface area (Å²) in [5.41, 5.74) is 1.08. The van der Waals surface area contributed by atoms with Gasteiger partial charge in [-0.2, -0.15) is 0 Å². The van der Waals surface area contributed by atoms with Crippen LogP contribution in [0.15, 0.2) is 24.3 Å². The molecule has 0 aliphatic rings. The minimum Gasteiger partial charge on any atom is -0.355 e. The Morgan fingerprint density at radius 1 is 1.25 bits per heavy atom. The zero-order valence-electron chi connectivity index (χ0n) is 9.87. The van der Waals surface area contributed by atoms with Gasteiger partial charge in [-0.1, -0.05) is 29.8 Å². The first-order valence-corrected chi connectivity index (χ1v) is 5.60. The molecular weight excluding hydrogens is 226 g/mol. The third kappa shape index (κ3) is 3.76. The van der Waals surface area contributed by atoms with Gasteiger partial charge in [-0.05, 0) is 18.6 Å². The lowest BCUT2D eigenvalue weighted by atomic mass is 10.1. The molecule has 0 unspecified atom stereocenters. The van der Waals surface area contributed by atoms with Gasteiger partial charge in [-0.25, -0.2) is 0 Å². The molecule has 0 saturated heterocycles. The molecule has 90 valence electrons. The average Bonchev–Trinajstić information content (AvgIpc) is 2.30. The van der Waals surface area contributed by atoms with Crippen LogP contribution < -0.4 is 5.32 Å². The lowest BCUT2D eigenvalue weighted by molar-refractivity contribution is -0.0997. The monoisotopic (exact) mass is 243 g/mol. The molecule has 0 aliphatic carbocycles. The van der Waals surface area contributed by atoms with Crippen molar-refractivity contribution in [3.8, 4) is 0 Å². The molecule has 0 bridgehead atoms. The first-order valence-electron chi connectivity index (χ1n) is 5.22. The molecule has 1 atom stereocenters. The Labute approximate surface area is 102 Å². The Balaban J connectivity index is 2.52. The van der Waals surface area contributed by atoms with E-state index in [1.165, 1.54) is 0 Å². The third-order valence-corrected chi connectivity index (χ3v) is 2.83. The predicted octanol–water partition coefficient (Wildman–Crippen LogP) is 2.61. The van der Waals surface area contributed by atoms with E-state index in [1.807, 2.05) is 24.3 Å². The quantitative estimate of drug-likeness (QED) is 0.780. The van der Waals surface area contributed by atoms with Gasteiger partial charge in [0.1, 0.15) is 0 Å². The van der Waals surface area contributed by atoms with Crippen molar-refractivity contribution in [2.24, 2.45) is 0 Å². The summed E-state index contributed by atoms with van der Waals surface area (Å²) in [7, 11) is 3.24. The molecule has 1 N–H and O–H groups in total. The van der Waals surface area contributed by atoms with Crippen LogP contribution >= 0.6 is 11.6 Å². The standard InChI is InChI=1S/C12H18ClNO2/c1-9(14-8-12(15-2)16-3)10-6-4-5-7-11(10)13/h4-7,9,12,14H,8H2,1-3H3/t9-/m1/s1. The van der Waals surface area contributed by atoms with Crippen molar-refractivity contribution in [2.75, 3.05) is 20.8 Å². The number of hydrogen-bond donors (Lipinski definition) is 1. The summed E-state index contributed by atoms with van der Waals surface area (Å²) in [5.74, 6) is 0. The third-order valence-electron chi connectivity index (χ3n) is 2.49. The topological polar surface area (TPSA) is 30.5 Å². The first kappa shape index (κ1) is 13.5. The first-order chi connectivity index (χ1) is 7.69. The van der Waals surface area contributed by atoms with E-state index in [4.69, 9.17) is 21.1 Å². The minimum absolute atomic E-state index is 0.168. The van der Waals surface area contributed by atoms with Gasteiger partial charge in [0.05, 0.1) is 0 Å². The Kier molecular flexibility index (Phi) is 5.77. The van der Waals surface area contributed by atoms with E-state index in [0.29, 0.717) is 6.54 Å². The highest BCUT2D eigenvalue weighted by Crippen LogP contribution is 2.21. The van der Waals surface area contributed by atoms with Gasteiger partial charge in [0.25, 0.3) is 0 Å². The minimum atomic E-state index is -0.232. The van der Waals surface area contributed by atoms with Gasteiger partial charge in [-0.3, -0.25) is 0 Å². The van der Waals surface area contributed by atoms with Crippen molar-refractivity contribution in [1.29, 1.82) is 0 Å². The summed E-state index contributed by atoms with van der Waals surface area (Å²) in [4.78, 5) is 0.